The first-order chi connectivity index (χ1) is 7.84. The summed E-state index contributed by atoms with van der Waals surface area (Å²) < 4.78 is 0. The van der Waals surface area contributed by atoms with E-state index in [0.717, 1.165) is 12.8 Å². The monoisotopic (exact) mass is 225 g/mol. The van der Waals surface area contributed by atoms with E-state index in [0.29, 0.717) is 0 Å². The van der Waals surface area contributed by atoms with Crippen molar-refractivity contribution in [2.45, 2.75) is 70.6 Å². The third-order valence-electron chi connectivity index (χ3n) is 3.72. The van der Waals surface area contributed by atoms with Crippen LogP contribution in [0.3, 0.4) is 0 Å². The second kappa shape index (κ2) is 8.60. The SMILES string of the molecule is CNC(=O)C1CCCCCCCCCCC1. The van der Waals surface area contributed by atoms with Crippen molar-refractivity contribution in [1.82, 2.24) is 5.32 Å². The number of rotatable bonds is 1. The molecule has 0 aromatic carbocycles. The average molecular weight is 225 g/mol. The summed E-state index contributed by atoms with van der Waals surface area (Å²) >= 11 is 0. The van der Waals surface area contributed by atoms with Crippen LogP contribution in [0.15, 0.2) is 0 Å². The zero-order valence-electron chi connectivity index (χ0n) is 10.8. The van der Waals surface area contributed by atoms with Gasteiger partial charge in [0.15, 0.2) is 0 Å². The molecule has 2 heteroatoms. The minimum absolute atomic E-state index is 0.261. The van der Waals surface area contributed by atoms with Gasteiger partial charge in [0, 0.05) is 13.0 Å². The molecule has 0 radical (unpaired) electrons. The maximum Gasteiger partial charge on any atom is 0.222 e. The summed E-state index contributed by atoms with van der Waals surface area (Å²) in [5, 5.41) is 2.81. The Bertz CT molecular complexity index is 179. The van der Waals surface area contributed by atoms with Gasteiger partial charge in [0.2, 0.25) is 5.91 Å². The van der Waals surface area contributed by atoms with Crippen LogP contribution < -0.4 is 5.32 Å². The van der Waals surface area contributed by atoms with Crippen LogP contribution in [0.25, 0.3) is 0 Å². The topological polar surface area (TPSA) is 29.1 Å². The number of carbonyl (C=O) groups is 1. The average Bonchev–Trinajstić information content (AvgIpc) is 2.29. The zero-order chi connectivity index (χ0) is 11.6. The lowest BCUT2D eigenvalue weighted by atomic mass is 9.92. The first-order valence-electron chi connectivity index (χ1n) is 7.06. The summed E-state index contributed by atoms with van der Waals surface area (Å²) in [4.78, 5) is 11.7. The van der Waals surface area contributed by atoms with Gasteiger partial charge in [-0.2, -0.15) is 0 Å². The van der Waals surface area contributed by atoms with Crippen molar-refractivity contribution in [1.29, 1.82) is 0 Å². The molecule has 0 unspecified atom stereocenters. The van der Waals surface area contributed by atoms with Gasteiger partial charge in [-0.25, -0.2) is 0 Å². The molecule has 1 amide bonds. The Kier molecular flexibility index (Phi) is 7.28. The van der Waals surface area contributed by atoms with Crippen molar-refractivity contribution in [3.63, 3.8) is 0 Å². The third-order valence-corrected chi connectivity index (χ3v) is 3.72. The molecule has 1 saturated carbocycles. The highest BCUT2D eigenvalue weighted by Crippen LogP contribution is 2.20. The van der Waals surface area contributed by atoms with Crippen molar-refractivity contribution >= 4 is 5.91 Å². The Balaban J connectivity index is 2.33. The van der Waals surface area contributed by atoms with Crippen molar-refractivity contribution in [3.8, 4) is 0 Å². The highest BCUT2D eigenvalue weighted by atomic mass is 16.1. The van der Waals surface area contributed by atoms with Gasteiger partial charge in [-0.3, -0.25) is 4.79 Å². The molecule has 0 bridgehead atoms. The van der Waals surface area contributed by atoms with Crippen molar-refractivity contribution in [2.24, 2.45) is 5.92 Å². The third kappa shape index (κ3) is 5.53. The lowest BCUT2D eigenvalue weighted by Crippen LogP contribution is -2.27. The van der Waals surface area contributed by atoms with E-state index in [1.54, 1.807) is 7.05 Å². The molecular formula is C14H27NO. The van der Waals surface area contributed by atoms with E-state index >= 15 is 0 Å². The summed E-state index contributed by atoms with van der Waals surface area (Å²) in [6.07, 6.45) is 14.2. The predicted octanol–water partition coefficient (Wildman–Crippen LogP) is 3.65. The van der Waals surface area contributed by atoms with Crippen LogP contribution in [0.5, 0.6) is 0 Å². The molecule has 0 spiro atoms. The van der Waals surface area contributed by atoms with E-state index in [2.05, 4.69) is 5.32 Å². The van der Waals surface area contributed by atoms with Gasteiger partial charge in [-0.15, -0.1) is 0 Å². The molecule has 0 atom stereocenters. The fourth-order valence-electron chi connectivity index (χ4n) is 2.63. The van der Waals surface area contributed by atoms with Crippen LogP contribution in [0, 0.1) is 5.92 Å². The molecule has 1 rings (SSSR count). The van der Waals surface area contributed by atoms with Gasteiger partial charge in [-0.05, 0) is 12.8 Å². The molecule has 0 heterocycles. The van der Waals surface area contributed by atoms with Gasteiger partial charge in [0.05, 0.1) is 0 Å². The van der Waals surface area contributed by atoms with Gasteiger partial charge in [0.1, 0.15) is 0 Å². The Morgan fingerprint density at radius 3 is 1.56 bits per heavy atom. The molecule has 0 saturated heterocycles. The van der Waals surface area contributed by atoms with Crippen molar-refractivity contribution in [3.05, 3.63) is 0 Å². The number of nitrogens with one attached hydrogen (secondary N) is 1. The molecule has 16 heavy (non-hydrogen) atoms. The summed E-state index contributed by atoms with van der Waals surface area (Å²) in [5.74, 6) is 0.543. The van der Waals surface area contributed by atoms with E-state index in [9.17, 15) is 4.79 Å². The van der Waals surface area contributed by atoms with Crippen LogP contribution in [0.1, 0.15) is 70.6 Å². The fourth-order valence-corrected chi connectivity index (χ4v) is 2.63. The smallest absolute Gasteiger partial charge is 0.222 e. The van der Waals surface area contributed by atoms with E-state index in [-0.39, 0.29) is 11.8 Å². The highest BCUT2D eigenvalue weighted by molar-refractivity contribution is 5.78. The normalized spacial score (nSPS) is 21.8. The molecule has 1 fully saturated rings. The van der Waals surface area contributed by atoms with E-state index in [4.69, 9.17) is 0 Å². The van der Waals surface area contributed by atoms with E-state index in [1.807, 2.05) is 0 Å². The standard InChI is InChI=1S/C14H27NO/c1-15-14(16)13-11-9-7-5-3-2-4-6-8-10-12-13/h13H,2-12H2,1H3,(H,15,16). The molecule has 94 valence electrons. The van der Waals surface area contributed by atoms with Gasteiger partial charge in [-0.1, -0.05) is 57.8 Å². The summed E-state index contributed by atoms with van der Waals surface area (Å²) in [6.45, 7) is 0. The molecule has 0 aromatic heterocycles. The molecular weight excluding hydrogens is 198 g/mol. The fraction of sp³-hybridized carbons (Fsp3) is 0.929. The molecule has 0 aliphatic heterocycles. The molecule has 0 aromatic rings. The summed E-state index contributed by atoms with van der Waals surface area (Å²) in [7, 11) is 1.76. The largest absolute Gasteiger partial charge is 0.359 e. The number of carbonyl (C=O) groups excluding carboxylic acids is 1. The maximum absolute atomic E-state index is 11.7. The van der Waals surface area contributed by atoms with Crippen LogP contribution in [-0.4, -0.2) is 13.0 Å². The predicted molar refractivity (Wildman–Crippen MR) is 68.3 cm³/mol. The zero-order valence-corrected chi connectivity index (χ0v) is 10.8. The Hall–Kier alpha value is -0.530. The summed E-state index contributed by atoms with van der Waals surface area (Å²) in [5.41, 5.74) is 0. The van der Waals surface area contributed by atoms with Crippen LogP contribution in [0.4, 0.5) is 0 Å². The van der Waals surface area contributed by atoms with Crippen LogP contribution in [0.2, 0.25) is 0 Å². The molecule has 1 aliphatic rings. The van der Waals surface area contributed by atoms with Crippen molar-refractivity contribution < 1.29 is 4.79 Å². The van der Waals surface area contributed by atoms with Crippen LogP contribution in [-0.2, 0) is 4.79 Å². The second-order valence-electron chi connectivity index (χ2n) is 5.07. The Morgan fingerprint density at radius 2 is 1.19 bits per heavy atom. The Morgan fingerprint density at radius 1 is 0.812 bits per heavy atom. The maximum atomic E-state index is 11.7. The van der Waals surface area contributed by atoms with Gasteiger partial charge < -0.3 is 5.32 Å². The first-order valence-corrected chi connectivity index (χ1v) is 7.06. The first kappa shape index (κ1) is 13.5. The minimum atomic E-state index is 0.261. The number of hydrogen-bond donors (Lipinski definition) is 1. The van der Waals surface area contributed by atoms with Crippen LogP contribution >= 0.6 is 0 Å². The van der Waals surface area contributed by atoms with E-state index in [1.165, 1.54) is 57.8 Å². The second-order valence-corrected chi connectivity index (χ2v) is 5.07. The number of amides is 1. The van der Waals surface area contributed by atoms with E-state index < -0.39 is 0 Å². The van der Waals surface area contributed by atoms with Gasteiger partial charge >= 0.3 is 0 Å². The lowest BCUT2D eigenvalue weighted by molar-refractivity contribution is -0.125. The molecule has 1 N–H and O–H groups in total. The molecule has 1 aliphatic carbocycles. The summed E-state index contributed by atoms with van der Waals surface area (Å²) in [6, 6.07) is 0. The number of hydrogen-bond acceptors (Lipinski definition) is 1. The van der Waals surface area contributed by atoms with Gasteiger partial charge in [0.25, 0.3) is 0 Å². The quantitative estimate of drug-likeness (QED) is 0.725. The minimum Gasteiger partial charge on any atom is -0.359 e. The highest BCUT2D eigenvalue weighted by Gasteiger charge is 2.16. The lowest BCUT2D eigenvalue weighted by Gasteiger charge is -2.16. The molecule has 2 nitrogen and oxygen atoms in total. The van der Waals surface area contributed by atoms with Crippen molar-refractivity contribution in [2.75, 3.05) is 7.05 Å². The Labute approximate surface area is 100 Å².